The van der Waals surface area contributed by atoms with Crippen LogP contribution in [0.1, 0.15) is 92.2 Å². The molecular weight excluding hydrogens is 388 g/mol. The summed E-state index contributed by atoms with van der Waals surface area (Å²) in [6, 6.07) is 8.18. The first-order chi connectivity index (χ1) is 14.8. The minimum atomic E-state index is -0.365. The fourth-order valence-corrected chi connectivity index (χ4v) is 4.46. The highest BCUT2D eigenvalue weighted by Gasteiger charge is 2.26. The van der Waals surface area contributed by atoms with Crippen molar-refractivity contribution in [3.05, 3.63) is 53.1 Å². The van der Waals surface area contributed by atoms with E-state index < -0.39 is 0 Å². The summed E-state index contributed by atoms with van der Waals surface area (Å²) in [5.41, 5.74) is 4.82. The molecule has 6 heteroatoms. The van der Waals surface area contributed by atoms with Gasteiger partial charge >= 0.3 is 0 Å². The van der Waals surface area contributed by atoms with E-state index in [1.807, 2.05) is 12.1 Å². The van der Waals surface area contributed by atoms with Crippen molar-refractivity contribution in [3.63, 3.8) is 0 Å². The number of nitrogens with zero attached hydrogens (tertiary/aromatic N) is 2. The lowest BCUT2D eigenvalue weighted by atomic mass is 9.76. The SMILES string of the molecule is CC1(C)CC=C(c2cc(C3CCC(=O)CC3)ccc2NC(=O)c2ncc(C#N)[nH]2)CC1. The van der Waals surface area contributed by atoms with E-state index in [1.165, 1.54) is 17.3 Å². The molecule has 0 saturated heterocycles. The number of hydrogen-bond donors (Lipinski definition) is 2. The minimum absolute atomic E-state index is 0.121. The van der Waals surface area contributed by atoms with Gasteiger partial charge < -0.3 is 10.3 Å². The normalized spacial score (nSPS) is 18.9. The maximum absolute atomic E-state index is 12.7. The Balaban J connectivity index is 1.65. The number of anilines is 1. The number of H-pyrrole nitrogens is 1. The van der Waals surface area contributed by atoms with Crippen LogP contribution >= 0.6 is 0 Å². The first-order valence-electron chi connectivity index (χ1n) is 11.0. The van der Waals surface area contributed by atoms with E-state index in [-0.39, 0.29) is 22.8 Å². The van der Waals surface area contributed by atoms with Crippen LogP contribution in [-0.2, 0) is 4.79 Å². The van der Waals surface area contributed by atoms with Crippen LogP contribution in [0.25, 0.3) is 5.57 Å². The van der Waals surface area contributed by atoms with Gasteiger partial charge in [-0.1, -0.05) is 26.0 Å². The van der Waals surface area contributed by atoms with Gasteiger partial charge in [0.2, 0.25) is 0 Å². The topological polar surface area (TPSA) is 98.6 Å². The number of allylic oxidation sites excluding steroid dienone is 2. The molecule has 0 bridgehead atoms. The lowest BCUT2D eigenvalue weighted by Gasteiger charge is -2.30. The Morgan fingerprint density at radius 1 is 1.26 bits per heavy atom. The second kappa shape index (κ2) is 8.50. The molecule has 0 atom stereocenters. The zero-order valence-electron chi connectivity index (χ0n) is 18.1. The molecule has 160 valence electrons. The molecule has 1 aromatic heterocycles. The van der Waals surface area contributed by atoms with Gasteiger partial charge in [-0.05, 0) is 66.7 Å². The van der Waals surface area contributed by atoms with Gasteiger partial charge in [0.25, 0.3) is 5.91 Å². The van der Waals surface area contributed by atoms with Crippen molar-refractivity contribution in [1.29, 1.82) is 5.26 Å². The van der Waals surface area contributed by atoms with Crippen molar-refractivity contribution in [2.24, 2.45) is 5.41 Å². The highest BCUT2D eigenvalue weighted by atomic mass is 16.2. The number of imidazole rings is 1. The Kier molecular flexibility index (Phi) is 5.77. The summed E-state index contributed by atoms with van der Waals surface area (Å²) in [4.78, 5) is 31.1. The Labute approximate surface area is 182 Å². The van der Waals surface area contributed by atoms with Gasteiger partial charge in [0, 0.05) is 24.1 Å². The number of aromatic nitrogens is 2. The van der Waals surface area contributed by atoms with E-state index in [4.69, 9.17) is 5.26 Å². The Morgan fingerprint density at radius 2 is 2.03 bits per heavy atom. The van der Waals surface area contributed by atoms with E-state index >= 15 is 0 Å². The Bertz CT molecular complexity index is 1080. The van der Waals surface area contributed by atoms with Crippen molar-refractivity contribution in [3.8, 4) is 6.07 Å². The predicted octanol–water partition coefficient (Wildman–Crippen LogP) is 5.35. The third-order valence-corrected chi connectivity index (χ3v) is 6.54. The average Bonchev–Trinajstić information content (AvgIpc) is 3.24. The van der Waals surface area contributed by atoms with E-state index in [2.05, 4.69) is 47.3 Å². The summed E-state index contributed by atoms with van der Waals surface area (Å²) >= 11 is 0. The zero-order valence-corrected chi connectivity index (χ0v) is 18.1. The van der Waals surface area contributed by atoms with E-state index in [0.717, 1.165) is 43.4 Å². The number of carbonyl (C=O) groups excluding carboxylic acids is 2. The molecule has 1 saturated carbocycles. The van der Waals surface area contributed by atoms with Crippen molar-refractivity contribution >= 4 is 23.0 Å². The van der Waals surface area contributed by atoms with Crippen molar-refractivity contribution < 1.29 is 9.59 Å². The van der Waals surface area contributed by atoms with Crippen LogP contribution in [0.2, 0.25) is 0 Å². The van der Waals surface area contributed by atoms with E-state index in [9.17, 15) is 9.59 Å². The van der Waals surface area contributed by atoms with E-state index in [1.54, 1.807) is 0 Å². The molecule has 0 unspecified atom stereocenters. The number of nitriles is 1. The molecule has 1 fully saturated rings. The Hall–Kier alpha value is -3.20. The number of amides is 1. The summed E-state index contributed by atoms with van der Waals surface area (Å²) < 4.78 is 0. The van der Waals surface area contributed by atoms with Gasteiger partial charge in [0.1, 0.15) is 17.5 Å². The number of ketones is 1. The predicted molar refractivity (Wildman–Crippen MR) is 120 cm³/mol. The highest BCUT2D eigenvalue weighted by Crippen LogP contribution is 2.41. The second-order valence-corrected chi connectivity index (χ2v) is 9.43. The van der Waals surface area contributed by atoms with Crippen LogP contribution in [0.3, 0.4) is 0 Å². The van der Waals surface area contributed by atoms with Crippen LogP contribution in [0.15, 0.2) is 30.5 Å². The maximum atomic E-state index is 12.7. The van der Waals surface area contributed by atoms with Crippen LogP contribution in [-0.4, -0.2) is 21.7 Å². The molecule has 6 nitrogen and oxygen atoms in total. The first-order valence-corrected chi connectivity index (χ1v) is 11.0. The molecule has 31 heavy (non-hydrogen) atoms. The van der Waals surface area contributed by atoms with Gasteiger partial charge in [0.15, 0.2) is 5.82 Å². The molecule has 2 N–H and O–H groups in total. The van der Waals surface area contributed by atoms with Crippen molar-refractivity contribution in [2.75, 3.05) is 5.32 Å². The van der Waals surface area contributed by atoms with Gasteiger partial charge in [0.05, 0.1) is 6.20 Å². The lowest BCUT2D eigenvalue weighted by molar-refractivity contribution is -0.120. The monoisotopic (exact) mass is 416 g/mol. The number of carbonyl (C=O) groups is 2. The summed E-state index contributed by atoms with van der Waals surface area (Å²) in [6.07, 6.45) is 9.78. The number of nitrogens with one attached hydrogen (secondary N) is 2. The van der Waals surface area contributed by atoms with Gasteiger partial charge in [-0.2, -0.15) is 5.26 Å². The molecule has 2 aromatic rings. The summed E-state index contributed by atoms with van der Waals surface area (Å²) in [5, 5.41) is 12.0. The van der Waals surface area contributed by atoms with Crippen LogP contribution in [0.5, 0.6) is 0 Å². The average molecular weight is 417 g/mol. The minimum Gasteiger partial charge on any atom is -0.326 e. The molecule has 1 heterocycles. The summed E-state index contributed by atoms with van der Waals surface area (Å²) in [6.45, 7) is 4.56. The van der Waals surface area contributed by atoms with Crippen molar-refractivity contribution in [2.45, 2.75) is 64.7 Å². The van der Waals surface area contributed by atoms with Crippen molar-refractivity contribution in [1.82, 2.24) is 9.97 Å². The fraction of sp³-hybridized carbons (Fsp3) is 0.440. The van der Waals surface area contributed by atoms with Crippen LogP contribution in [0.4, 0.5) is 5.69 Å². The van der Waals surface area contributed by atoms with E-state index in [0.29, 0.717) is 24.5 Å². The number of aromatic amines is 1. The first kappa shape index (κ1) is 21.0. The third-order valence-electron chi connectivity index (χ3n) is 6.54. The quantitative estimate of drug-likeness (QED) is 0.701. The number of hydrogen-bond acceptors (Lipinski definition) is 4. The molecule has 0 aliphatic heterocycles. The Morgan fingerprint density at radius 3 is 2.68 bits per heavy atom. The second-order valence-electron chi connectivity index (χ2n) is 9.43. The standard InChI is InChI=1S/C25H28N4O2/c1-25(2)11-9-17(10-12-25)21-13-18(16-3-6-20(30)7-4-16)5-8-22(21)29-24(31)23-27-15-19(14-26)28-23/h5,8-9,13,15-16H,3-4,6-7,10-12H2,1-2H3,(H,27,28)(H,29,31). The molecule has 0 spiro atoms. The molecule has 1 aromatic carbocycles. The zero-order chi connectivity index (χ0) is 22.0. The van der Waals surface area contributed by atoms with Gasteiger partial charge in [-0.3, -0.25) is 9.59 Å². The number of rotatable bonds is 4. The molecular formula is C25H28N4O2. The molecule has 1 amide bonds. The third kappa shape index (κ3) is 4.77. The molecule has 2 aliphatic rings. The van der Waals surface area contributed by atoms with Gasteiger partial charge in [-0.15, -0.1) is 0 Å². The fourth-order valence-electron chi connectivity index (χ4n) is 4.46. The smallest absolute Gasteiger partial charge is 0.291 e. The number of benzene rings is 1. The summed E-state index contributed by atoms with van der Waals surface area (Å²) in [7, 11) is 0. The number of Topliss-reactive ketones (excluding diaryl/α,β-unsaturated/α-hetero) is 1. The highest BCUT2D eigenvalue weighted by molar-refractivity contribution is 6.03. The maximum Gasteiger partial charge on any atom is 0.291 e. The van der Waals surface area contributed by atoms with Crippen LogP contribution in [0, 0.1) is 16.7 Å². The van der Waals surface area contributed by atoms with Gasteiger partial charge in [-0.25, -0.2) is 4.98 Å². The molecule has 2 aliphatic carbocycles. The van der Waals surface area contributed by atoms with Crippen LogP contribution < -0.4 is 5.32 Å². The largest absolute Gasteiger partial charge is 0.326 e. The lowest BCUT2D eigenvalue weighted by Crippen LogP contribution is -2.18. The molecule has 0 radical (unpaired) electrons. The molecule has 4 rings (SSSR count). The summed E-state index contributed by atoms with van der Waals surface area (Å²) in [5.74, 6) is 0.490.